The number of hydrogen-bond acceptors (Lipinski definition) is 3. The fraction of sp³-hybridized carbons (Fsp3) is 0.357. The topological polar surface area (TPSA) is 49.8 Å². The van der Waals surface area contributed by atoms with Gasteiger partial charge in [-0.2, -0.15) is 0 Å². The van der Waals surface area contributed by atoms with E-state index >= 15 is 0 Å². The minimum atomic E-state index is -0.0423. The van der Waals surface area contributed by atoms with Gasteiger partial charge in [-0.25, -0.2) is 0 Å². The molecule has 1 aromatic carbocycles. The molecule has 4 nitrogen and oxygen atoms in total. The van der Waals surface area contributed by atoms with Gasteiger partial charge >= 0.3 is 0 Å². The molecular formula is C14H17NO3. The lowest BCUT2D eigenvalue weighted by atomic mass is 10.00. The lowest BCUT2D eigenvalue weighted by Crippen LogP contribution is -2.51. The number of likely N-dealkylation sites (tertiary alicyclic amines) is 1. The van der Waals surface area contributed by atoms with E-state index in [2.05, 4.69) is 6.58 Å². The van der Waals surface area contributed by atoms with Crippen LogP contribution in [0.15, 0.2) is 36.9 Å². The van der Waals surface area contributed by atoms with Gasteiger partial charge in [-0.15, -0.1) is 0 Å². The van der Waals surface area contributed by atoms with Crippen LogP contribution in [0.5, 0.6) is 5.75 Å². The summed E-state index contributed by atoms with van der Waals surface area (Å²) in [5.41, 5.74) is 0.565. The fourth-order valence-electron chi connectivity index (χ4n) is 1.94. The van der Waals surface area contributed by atoms with Crippen molar-refractivity contribution in [1.29, 1.82) is 0 Å². The Hall–Kier alpha value is -1.81. The van der Waals surface area contributed by atoms with E-state index < -0.39 is 0 Å². The molecular weight excluding hydrogens is 230 g/mol. The summed E-state index contributed by atoms with van der Waals surface area (Å²) in [5, 5.41) is 8.95. The van der Waals surface area contributed by atoms with Crippen LogP contribution >= 0.6 is 0 Å². The molecule has 18 heavy (non-hydrogen) atoms. The average Bonchev–Trinajstić information content (AvgIpc) is 2.35. The summed E-state index contributed by atoms with van der Waals surface area (Å²) in [5.74, 6) is 0.754. The van der Waals surface area contributed by atoms with E-state index in [4.69, 9.17) is 9.84 Å². The van der Waals surface area contributed by atoms with Gasteiger partial charge in [0.15, 0.2) is 0 Å². The Bertz CT molecular complexity index is 438. The van der Waals surface area contributed by atoms with Crippen LogP contribution in [0.2, 0.25) is 0 Å². The molecule has 0 atom stereocenters. The second kappa shape index (κ2) is 5.69. The highest BCUT2D eigenvalue weighted by molar-refractivity contribution is 5.97. The molecule has 1 aliphatic rings. The lowest BCUT2D eigenvalue weighted by Gasteiger charge is -2.38. The van der Waals surface area contributed by atoms with Crippen molar-refractivity contribution in [3.8, 4) is 5.75 Å². The second-order valence-corrected chi connectivity index (χ2v) is 4.35. The Balaban J connectivity index is 2.07. The maximum absolute atomic E-state index is 12.2. The molecule has 0 saturated carbocycles. The average molecular weight is 247 g/mol. The highest BCUT2D eigenvalue weighted by Gasteiger charge is 2.31. The molecule has 1 aliphatic heterocycles. The quantitative estimate of drug-likeness (QED) is 0.798. The molecule has 0 radical (unpaired) electrons. The first-order chi connectivity index (χ1) is 8.76. The number of nitrogens with zero attached hydrogens (tertiary/aromatic N) is 1. The summed E-state index contributed by atoms with van der Waals surface area (Å²) in [6.07, 6.45) is 1.65. The number of benzene rings is 1. The number of hydrogen-bond donors (Lipinski definition) is 1. The zero-order valence-corrected chi connectivity index (χ0v) is 10.2. The van der Waals surface area contributed by atoms with Gasteiger partial charge in [-0.3, -0.25) is 4.79 Å². The van der Waals surface area contributed by atoms with E-state index in [1.807, 2.05) is 12.1 Å². The highest BCUT2D eigenvalue weighted by Crippen LogP contribution is 2.24. The predicted octanol–water partition coefficient (Wildman–Crippen LogP) is 1.32. The van der Waals surface area contributed by atoms with Gasteiger partial charge in [-0.1, -0.05) is 24.8 Å². The zero-order valence-electron chi connectivity index (χ0n) is 10.2. The Labute approximate surface area is 106 Å². The summed E-state index contributed by atoms with van der Waals surface area (Å²) >= 11 is 0. The van der Waals surface area contributed by atoms with Crippen LogP contribution < -0.4 is 4.74 Å². The molecule has 2 rings (SSSR count). The number of carbonyl (C=O) groups is 1. The number of ether oxygens (including phenoxy) is 1. The van der Waals surface area contributed by atoms with Crippen molar-refractivity contribution in [2.75, 3.05) is 26.3 Å². The van der Waals surface area contributed by atoms with Gasteiger partial charge in [0.05, 0.1) is 5.56 Å². The minimum Gasteiger partial charge on any atom is -0.489 e. The molecule has 0 aromatic heterocycles. The van der Waals surface area contributed by atoms with Gasteiger partial charge in [0.25, 0.3) is 5.91 Å². The normalized spacial score (nSPS) is 15.1. The largest absolute Gasteiger partial charge is 0.489 e. The van der Waals surface area contributed by atoms with Crippen molar-refractivity contribution in [2.24, 2.45) is 5.92 Å². The first-order valence-electron chi connectivity index (χ1n) is 5.99. The minimum absolute atomic E-state index is 0.0423. The number of amides is 1. The Kier molecular flexibility index (Phi) is 3.99. The Morgan fingerprint density at radius 1 is 1.50 bits per heavy atom. The summed E-state index contributed by atoms with van der Waals surface area (Å²) in [7, 11) is 0. The van der Waals surface area contributed by atoms with E-state index in [0.717, 1.165) is 0 Å². The number of rotatable bonds is 5. The summed E-state index contributed by atoms with van der Waals surface area (Å²) in [6, 6.07) is 7.19. The molecule has 1 amide bonds. The standard InChI is InChI=1S/C14H17NO3/c1-2-7-18-13-6-4-3-5-12(13)14(17)15-8-11(9-15)10-16/h2-6,11,16H,1,7-10H2. The third kappa shape index (κ3) is 2.54. The number of para-hydroxylation sites is 1. The first-order valence-corrected chi connectivity index (χ1v) is 5.99. The van der Waals surface area contributed by atoms with Crippen LogP contribution in [0.3, 0.4) is 0 Å². The van der Waals surface area contributed by atoms with Crippen molar-refractivity contribution in [3.05, 3.63) is 42.5 Å². The zero-order chi connectivity index (χ0) is 13.0. The number of aliphatic hydroxyl groups excluding tert-OH is 1. The van der Waals surface area contributed by atoms with Gasteiger partial charge < -0.3 is 14.7 Å². The molecule has 0 unspecified atom stereocenters. The second-order valence-electron chi connectivity index (χ2n) is 4.35. The fourth-order valence-corrected chi connectivity index (χ4v) is 1.94. The molecule has 0 bridgehead atoms. The van der Waals surface area contributed by atoms with Gasteiger partial charge in [0.2, 0.25) is 0 Å². The molecule has 1 fully saturated rings. The Morgan fingerprint density at radius 3 is 2.89 bits per heavy atom. The molecule has 1 N–H and O–H groups in total. The Morgan fingerprint density at radius 2 is 2.22 bits per heavy atom. The van der Waals surface area contributed by atoms with Crippen molar-refractivity contribution in [2.45, 2.75) is 0 Å². The van der Waals surface area contributed by atoms with Crippen LogP contribution in [-0.4, -0.2) is 42.2 Å². The molecule has 0 aliphatic carbocycles. The molecule has 96 valence electrons. The molecule has 0 spiro atoms. The van der Waals surface area contributed by atoms with Crippen molar-refractivity contribution >= 4 is 5.91 Å². The van der Waals surface area contributed by atoms with E-state index in [1.54, 1.807) is 23.1 Å². The third-order valence-corrected chi connectivity index (χ3v) is 2.98. The van der Waals surface area contributed by atoms with E-state index in [-0.39, 0.29) is 18.4 Å². The third-order valence-electron chi connectivity index (χ3n) is 2.98. The van der Waals surface area contributed by atoms with Crippen molar-refractivity contribution in [1.82, 2.24) is 4.90 Å². The van der Waals surface area contributed by atoms with E-state index in [0.29, 0.717) is 31.0 Å². The summed E-state index contributed by atoms with van der Waals surface area (Å²) < 4.78 is 5.46. The van der Waals surface area contributed by atoms with Crippen molar-refractivity contribution < 1.29 is 14.6 Å². The monoisotopic (exact) mass is 247 g/mol. The predicted molar refractivity (Wildman–Crippen MR) is 68.6 cm³/mol. The number of carbonyl (C=O) groups excluding carboxylic acids is 1. The first kappa shape index (κ1) is 12.6. The van der Waals surface area contributed by atoms with Crippen LogP contribution in [-0.2, 0) is 0 Å². The van der Waals surface area contributed by atoms with E-state index in [1.165, 1.54) is 0 Å². The summed E-state index contributed by atoms with van der Waals surface area (Å²) in [4.78, 5) is 13.9. The van der Waals surface area contributed by atoms with Gasteiger partial charge in [-0.05, 0) is 12.1 Å². The van der Waals surface area contributed by atoms with Crippen LogP contribution in [0, 0.1) is 5.92 Å². The molecule has 4 heteroatoms. The van der Waals surface area contributed by atoms with Crippen LogP contribution in [0.25, 0.3) is 0 Å². The van der Waals surface area contributed by atoms with Gasteiger partial charge in [0.1, 0.15) is 12.4 Å². The summed E-state index contributed by atoms with van der Waals surface area (Å²) in [6.45, 7) is 5.33. The number of aliphatic hydroxyl groups is 1. The maximum Gasteiger partial charge on any atom is 0.257 e. The SMILES string of the molecule is C=CCOc1ccccc1C(=O)N1CC(CO)C1. The molecule has 1 saturated heterocycles. The van der Waals surface area contributed by atoms with E-state index in [9.17, 15) is 4.79 Å². The van der Waals surface area contributed by atoms with Crippen molar-refractivity contribution in [3.63, 3.8) is 0 Å². The van der Waals surface area contributed by atoms with Crippen LogP contribution in [0.1, 0.15) is 10.4 Å². The lowest BCUT2D eigenvalue weighted by molar-refractivity contribution is 0.0359. The van der Waals surface area contributed by atoms with Gasteiger partial charge in [0, 0.05) is 25.6 Å². The smallest absolute Gasteiger partial charge is 0.257 e. The molecule has 1 aromatic rings. The molecule has 1 heterocycles. The highest BCUT2D eigenvalue weighted by atomic mass is 16.5. The van der Waals surface area contributed by atoms with Crippen LogP contribution in [0.4, 0.5) is 0 Å². The maximum atomic E-state index is 12.2.